The van der Waals surface area contributed by atoms with Crippen LogP contribution < -0.4 is 10.1 Å². The first-order valence-corrected chi connectivity index (χ1v) is 5.42. The van der Waals surface area contributed by atoms with Crippen molar-refractivity contribution in [2.45, 2.75) is 19.3 Å². The monoisotopic (exact) mass is 203 g/mol. The molecule has 3 heteroatoms. The molecule has 0 radical (unpaired) electrons. The molecule has 2 aliphatic heterocycles. The van der Waals surface area contributed by atoms with Gasteiger partial charge in [-0.15, -0.1) is 0 Å². The third-order valence-electron chi connectivity index (χ3n) is 3.04. The zero-order valence-electron chi connectivity index (χ0n) is 8.51. The second kappa shape index (κ2) is 3.26. The Labute approximate surface area is 88.4 Å². The highest BCUT2D eigenvalue weighted by Gasteiger charge is 2.23. The van der Waals surface area contributed by atoms with E-state index in [1.54, 1.807) is 0 Å². The van der Waals surface area contributed by atoms with E-state index in [1.807, 2.05) is 12.1 Å². The number of hydrogen-bond acceptors (Lipinski definition) is 3. The van der Waals surface area contributed by atoms with Crippen LogP contribution in [0.2, 0.25) is 0 Å². The summed E-state index contributed by atoms with van der Waals surface area (Å²) in [5.41, 5.74) is 2.94. The van der Waals surface area contributed by atoms with Gasteiger partial charge in [-0.1, -0.05) is 6.07 Å². The van der Waals surface area contributed by atoms with Crippen LogP contribution in [0.5, 0.6) is 5.75 Å². The summed E-state index contributed by atoms with van der Waals surface area (Å²) in [6.07, 6.45) is 2.50. The molecule has 1 aromatic carbocycles. The molecule has 1 N–H and O–H groups in total. The SMILES string of the molecule is O=C1CCCNc2c1ccc1c2OCC1. The molecule has 1 aromatic rings. The van der Waals surface area contributed by atoms with E-state index in [0.717, 1.165) is 43.0 Å². The first-order valence-electron chi connectivity index (χ1n) is 5.42. The summed E-state index contributed by atoms with van der Waals surface area (Å²) in [5, 5.41) is 3.31. The van der Waals surface area contributed by atoms with Crippen LogP contribution in [0.4, 0.5) is 5.69 Å². The number of fused-ring (bicyclic) bond motifs is 3. The number of ketones is 1. The predicted molar refractivity (Wildman–Crippen MR) is 57.7 cm³/mol. The van der Waals surface area contributed by atoms with E-state index in [-0.39, 0.29) is 5.78 Å². The Hall–Kier alpha value is -1.51. The number of Topliss-reactive ketones (excluding diaryl/α,β-unsaturated/α-hetero) is 1. The first kappa shape index (κ1) is 8.77. The van der Waals surface area contributed by atoms with Gasteiger partial charge in [0.15, 0.2) is 5.78 Å². The molecule has 0 bridgehead atoms. The van der Waals surface area contributed by atoms with Gasteiger partial charge >= 0.3 is 0 Å². The zero-order chi connectivity index (χ0) is 10.3. The molecule has 3 rings (SSSR count). The van der Waals surface area contributed by atoms with Crippen LogP contribution in [0, 0.1) is 0 Å². The maximum absolute atomic E-state index is 11.8. The Morgan fingerprint density at radius 1 is 1.27 bits per heavy atom. The summed E-state index contributed by atoms with van der Waals surface area (Å²) in [4.78, 5) is 11.8. The maximum Gasteiger partial charge on any atom is 0.165 e. The van der Waals surface area contributed by atoms with Crippen molar-refractivity contribution >= 4 is 11.5 Å². The molecular formula is C12H13NO2. The second-order valence-corrected chi connectivity index (χ2v) is 4.03. The summed E-state index contributed by atoms with van der Waals surface area (Å²) in [7, 11) is 0. The highest BCUT2D eigenvalue weighted by Crippen LogP contribution is 2.38. The summed E-state index contributed by atoms with van der Waals surface area (Å²) in [6, 6.07) is 3.95. The van der Waals surface area contributed by atoms with E-state index in [1.165, 1.54) is 5.56 Å². The lowest BCUT2D eigenvalue weighted by Gasteiger charge is -2.11. The lowest BCUT2D eigenvalue weighted by Crippen LogP contribution is -2.02. The molecule has 0 atom stereocenters. The minimum atomic E-state index is 0.230. The van der Waals surface area contributed by atoms with Crippen molar-refractivity contribution in [1.82, 2.24) is 0 Å². The number of carbonyl (C=O) groups excluding carboxylic acids is 1. The van der Waals surface area contributed by atoms with Gasteiger partial charge in [0.1, 0.15) is 5.75 Å². The van der Waals surface area contributed by atoms with Crippen molar-refractivity contribution in [3.63, 3.8) is 0 Å². The van der Waals surface area contributed by atoms with Crippen molar-refractivity contribution in [2.24, 2.45) is 0 Å². The number of hydrogen-bond donors (Lipinski definition) is 1. The third-order valence-corrected chi connectivity index (χ3v) is 3.04. The van der Waals surface area contributed by atoms with E-state index in [9.17, 15) is 4.79 Å². The van der Waals surface area contributed by atoms with Crippen molar-refractivity contribution < 1.29 is 9.53 Å². The lowest BCUT2D eigenvalue weighted by atomic mass is 10.0. The molecule has 0 saturated heterocycles. The third kappa shape index (κ3) is 1.30. The van der Waals surface area contributed by atoms with Crippen molar-refractivity contribution in [3.8, 4) is 5.75 Å². The van der Waals surface area contributed by atoms with Crippen LogP contribution in [0.25, 0.3) is 0 Å². The topological polar surface area (TPSA) is 38.3 Å². The minimum Gasteiger partial charge on any atom is -0.491 e. The van der Waals surface area contributed by atoms with Crippen LogP contribution in [0.15, 0.2) is 12.1 Å². The Morgan fingerprint density at radius 3 is 3.13 bits per heavy atom. The summed E-state index contributed by atoms with van der Waals surface area (Å²) in [5.74, 6) is 1.14. The number of ether oxygens (including phenoxy) is 1. The van der Waals surface area contributed by atoms with Crippen molar-refractivity contribution in [1.29, 1.82) is 0 Å². The van der Waals surface area contributed by atoms with Crippen LogP contribution in [0.3, 0.4) is 0 Å². The van der Waals surface area contributed by atoms with Gasteiger partial charge in [-0.25, -0.2) is 0 Å². The molecule has 0 aliphatic carbocycles. The Morgan fingerprint density at radius 2 is 2.20 bits per heavy atom. The molecule has 2 heterocycles. The molecule has 0 spiro atoms. The molecule has 78 valence electrons. The molecule has 2 aliphatic rings. The smallest absolute Gasteiger partial charge is 0.165 e. The van der Waals surface area contributed by atoms with E-state index >= 15 is 0 Å². The largest absolute Gasteiger partial charge is 0.491 e. The molecule has 15 heavy (non-hydrogen) atoms. The zero-order valence-corrected chi connectivity index (χ0v) is 8.51. The molecule has 0 unspecified atom stereocenters. The average molecular weight is 203 g/mol. The summed E-state index contributed by atoms with van der Waals surface area (Å²) >= 11 is 0. The Kier molecular flexibility index (Phi) is 1.91. The van der Waals surface area contributed by atoms with Gasteiger partial charge in [-0.3, -0.25) is 4.79 Å². The van der Waals surface area contributed by atoms with E-state index in [2.05, 4.69) is 5.32 Å². The van der Waals surface area contributed by atoms with E-state index in [4.69, 9.17) is 4.74 Å². The average Bonchev–Trinajstić information content (AvgIpc) is 2.64. The van der Waals surface area contributed by atoms with E-state index < -0.39 is 0 Å². The van der Waals surface area contributed by atoms with Gasteiger partial charge in [0.2, 0.25) is 0 Å². The number of nitrogens with one attached hydrogen (secondary N) is 1. The highest BCUT2D eigenvalue weighted by atomic mass is 16.5. The highest BCUT2D eigenvalue weighted by molar-refractivity contribution is 6.03. The number of rotatable bonds is 0. The van der Waals surface area contributed by atoms with Crippen LogP contribution in [0.1, 0.15) is 28.8 Å². The van der Waals surface area contributed by atoms with Gasteiger partial charge < -0.3 is 10.1 Å². The Bertz CT molecular complexity index is 426. The van der Waals surface area contributed by atoms with Crippen LogP contribution in [-0.4, -0.2) is 18.9 Å². The molecule has 0 saturated carbocycles. The maximum atomic E-state index is 11.8. The molecule has 0 amide bonds. The minimum absolute atomic E-state index is 0.230. The van der Waals surface area contributed by atoms with Crippen LogP contribution >= 0.6 is 0 Å². The van der Waals surface area contributed by atoms with Gasteiger partial charge in [0.25, 0.3) is 0 Å². The van der Waals surface area contributed by atoms with Gasteiger partial charge in [0.05, 0.1) is 12.3 Å². The number of carbonyl (C=O) groups is 1. The fourth-order valence-electron chi connectivity index (χ4n) is 2.26. The predicted octanol–water partition coefficient (Wildman–Crippen LogP) is 2.01. The summed E-state index contributed by atoms with van der Waals surface area (Å²) in [6.45, 7) is 1.60. The number of anilines is 1. The molecular weight excluding hydrogens is 190 g/mol. The van der Waals surface area contributed by atoms with Crippen LogP contribution in [-0.2, 0) is 6.42 Å². The summed E-state index contributed by atoms with van der Waals surface area (Å²) < 4.78 is 5.59. The first-order chi connectivity index (χ1) is 7.36. The molecule has 3 nitrogen and oxygen atoms in total. The fourth-order valence-corrected chi connectivity index (χ4v) is 2.26. The van der Waals surface area contributed by atoms with Gasteiger partial charge in [-0.2, -0.15) is 0 Å². The lowest BCUT2D eigenvalue weighted by molar-refractivity contribution is 0.0983. The molecule has 0 aromatic heterocycles. The molecule has 0 fully saturated rings. The normalized spacial score (nSPS) is 18.5. The standard InChI is InChI=1S/C12H13NO2/c14-10-2-1-6-13-11-9(10)4-3-8-5-7-15-12(8)11/h3-4,13H,1-2,5-7H2. The number of benzene rings is 1. The second-order valence-electron chi connectivity index (χ2n) is 4.03. The van der Waals surface area contributed by atoms with Gasteiger partial charge in [-0.05, 0) is 18.1 Å². The van der Waals surface area contributed by atoms with Gasteiger partial charge in [0, 0.05) is 24.9 Å². The van der Waals surface area contributed by atoms with Crippen molar-refractivity contribution in [2.75, 3.05) is 18.5 Å². The Balaban J connectivity index is 2.17. The quantitative estimate of drug-likeness (QED) is 0.701. The van der Waals surface area contributed by atoms with E-state index in [0.29, 0.717) is 6.42 Å². The fraction of sp³-hybridized carbons (Fsp3) is 0.417. The van der Waals surface area contributed by atoms with Crippen molar-refractivity contribution in [3.05, 3.63) is 23.3 Å².